The maximum absolute atomic E-state index is 13.4. The second-order valence-corrected chi connectivity index (χ2v) is 6.67. The lowest BCUT2D eigenvalue weighted by Crippen LogP contribution is -2.11. The van der Waals surface area contributed by atoms with Crippen molar-refractivity contribution in [1.29, 1.82) is 0 Å². The van der Waals surface area contributed by atoms with Crippen LogP contribution in [0.3, 0.4) is 0 Å². The zero-order valence-electron chi connectivity index (χ0n) is 15.6. The first-order valence-electron chi connectivity index (χ1n) is 9.27. The summed E-state index contributed by atoms with van der Waals surface area (Å²) >= 11 is 0. The summed E-state index contributed by atoms with van der Waals surface area (Å²) in [6.45, 7) is 0. The summed E-state index contributed by atoms with van der Waals surface area (Å²) in [5.41, 5.74) is 4.01. The average molecular weight is 378 g/mol. The molecule has 0 aliphatic heterocycles. The van der Waals surface area contributed by atoms with E-state index in [2.05, 4.69) is 0 Å². The molecular weight excluding hydrogens is 360 g/mol. The first kappa shape index (κ1) is 18.4. The van der Waals surface area contributed by atoms with Gasteiger partial charge in [0.25, 0.3) is 0 Å². The maximum atomic E-state index is 13.4. The average Bonchev–Trinajstić information content (AvgIpc) is 2.79. The van der Waals surface area contributed by atoms with Crippen molar-refractivity contribution in [3.63, 3.8) is 0 Å². The van der Waals surface area contributed by atoms with Gasteiger partial charge in [0.15, 0.2) is 5.78 Å². The Morgan fingerprint density at radius 2 is 1.10 bits per heavy atom. The number of carbonyl (C=O) groups excluding carboxylic acids is 1. The first-order chi connectivity index (χ1) is 14.1. The predicted octanol–water partition coefficient (Wildman–Crippen LogP) is 5.95. The Hall–Kier alpha value is -3.98. The summed E-state index contributed by atoms with van der Waals surface area (Å²) in [5.74, 6) is -1.43. The minimum Gasteiger partial charge on any atom is -0.478 e. The van der Waals surface area contributed by atoms with Crippen LogP contribution in [0.4, 0.5) is 0 Å². The van der Waals surface area contributed by atoms with Crippen LogP contribution in [0.5, 0.6) is 0 Å². The van der Waals surface area contributed by atoms with Gasteiger partial charge in [0, 0.05) is 11.1 Å². The van der Waals surface area contributed by atoms with Gasteiger partial charge in [-0.25, -0.2) is 4.79 Å². The van der Waals surface area contributed by atoms with Gasteiger partial charge in [-0.3, -0.25) is 4.79 Å². The van der Waals surface area contributed by atoms with E-state index >= 15 is 0 Å². The van der Waals surface area contributed by atoms with Gasteiger partial charge in [0.2, 0.25) is 0 Å². The Bertz CT molecular complexity index is 1180. The summed E-state index contributed by atoms with van der Waals surface area (Å²) in [4.78, 5) is 25.3. The highest BCUT2D eigenvalue weighted by atomic mass is 16.4. The number of hydrogen-bond donors (Lipinski definition) is 1. The van der Waals surface area contributed by atoms with Gasteiger partial charge in [-0.05, 0) is 34.4 Å². The Labute approximate surface area is 168 Å². The van der Waals surface area contributed by atoms with Crippen LogP contribution in [0, 0.1) is 0 Å². The Balaban J connectivity index is 1.82. The largest absolute Gasteiger partial charge is 0.478 e. The van der Waals surface area contributed by atoms with E-state index in [0.717, 1.165) is 22.3 Å². The summed E-state index contributed by atoms with van der Waals surface area (Å²) in [6, 6.07) is 31.4. The minimum absolute atomic E-state index is 0.000724. The molecule has 140 valence electrons. The fraction of sp³-hybridized carbons (Fsp3) is 0. The number of aromatic carboxylic acids is 1. The van der Waals surface area contributed by atoms with E-state index in [4.69, 9.17) is 0 Å². The predicted molar refractivity (Wildman–Crippen MR) is 114 cm³/mol. The molecule has 0 amide bonds. The Morgan fingerprint density at radius 1 is 0.517 bits per heavy atom. The quantitative estimate of drug-likeness (QED) is 0.437. The lowest BCUT2D eigenvalue weighted by molar-refractivity contribution is 0.0693. The van der Waals surface area contributed by atoms with Crippen molar-refractivity contribution < 1.29 is 14.7 Å². The molecular formula is C26H18O3. The Kier molecular flexibility index (Phi) is 5.04. The SMILES string of the molecule is O=C(O)c1cc(-c2ccccc2)ccc1C(=O)c1ccccc1-c1ccccc1. The van der Waals surface area contributed by atoms with Gasteiger partial charge in [-0.2, -0.15) is 0 Å². The molecule has 0 saturated heterocycles. The molecule has 3 nitrogen and oxygen atoms in total. The van der Waals surface area contributed by atoms with Gasteiger partial charge < -0.3 is 5.11 Å². The van der Waals surface area contributed by atoms with Crippen LogP contribution >= 0.6 is 0 Å². The zero-order chi connectivity index (χ0) is 20.2. The van der Waals surface area contributed by atoms with E-state index in [9.17, 15) is 14.7 Å². The first-order valence-corrected chi connectivity index (χ1v) is 9.27. The van der Waals surface area contributed by atoms with E-state index in [1.807, 2.05) is 72.8 Å². The summed E-state index contributed by atoms with van der Waals surface area (Å²) < 4.78 is 0. The highest BCUT2D eigenvalue weighted by Crippen LogP contribution is 2.28. The van der Waals surface area contributed by atoms with Crippen molar-refractivity contribution in [3.05, 3.63) is 120 Å². The van der Waals surface area contributed by atoms with Gasteiger partial charge >= 0.3 is 5.97 Å². The monoisotopic (exact) mass is 378 g/mol. The van der Waals surface area contributed by atoms with E-state index in [1.165, 1.54) is 0 Å². The molecule has 0 aliphatic rings. The molecule has 0 spiro atoms. The number of carboxylic acids is 1. The molecule has 1 N–H and O–H groups in total. The number of carboxylic acid groups (broad SMARTS) is 1. The zero-order valence-corrected chi connectivity index (χ0v) is 15.6. The summed E-state index contributed by atoms with van der Waals surface area (Å²) in [6.07, 6.45) is 0. The van der Waals surface area contributed by atoms with Crippen LogP contribution in [0.25, 0.3) is 22.3 Å². The molecule has 4 aromatic carbocycles. The third kappa shape index (κ3) is 3.71. The molecule has 0 aliphatic carbocycles. The lowest BCUT2D eigenvalue weighted by atomic mass is 9.90. The standard InChI is InChI=1S/C26H18O3/c27-25(22-14-8-7-13-21(22)19-11-5-2-6-12-19)23-16-15-20(17-24(23)26(28)29)18-9-3-1-4-10-18/h1-17H,(H,28,29). The van der Waals surface area contributed by atoms with Gasteiger partial charge in [0.1, 0.15) is 0 Å². The van der Waals surface area contributed by atoms with Gasteiger partial charge in [-0.15, -0.1) is 0 Å². The summed E-state index contributed by atoms with van der Waals surface area (Å²) in [5, 5.41) is 9.77. The fourth-order valence-electron chi connectivity index (χ4n) is 3.43. The molecule has 3 heteroatoms. The van der Waals surface area contributed by atoms with Crippen LogP contribution in [0.15, 0.2) is 103 Å². The molecule has 0 aromatic heterocycles. The molecule has 0 radical (unpaired) electrons. The highest BCUT2D eigenvalue weighted by Gasteiger charge is 2.21. The molecule has 4 rings (SSSR count). The van der Waals surface area contributed by atoms with Crippen molar-refractivity contribution in [3.8, 4) is 22.3 Å². The third-order valence-corrected chi connectivity index (χ3v) is 4.86. The van der Waals surface area contributed by atoms with E-state index < -0.39 is 5.97 Å². The molecule has 0 heterocycles. The van der Waals surface area contributed by atoms with Crippen molar-refractivity contribution in [2.45, 2.75) is 0 Å². The van der Waals surface area contributed by atoms with Gasteiger partial charge in [0.05, 0.1) is 5.56 Å². The van der Waals surface area contributed by atoms with Crippen molar-refractivity contribution in [2.75, 3.05) is 0 Å². The number of ketones is 1. The number of hydrogen-bond acceptors (Lipinski definition) is 2. The van der Waals surface area contributed by atoms with Crippen molar-refractivity contribution in [2.24, 2.45) is 0 Å². The van der Waals surface area contributed by atoms with Crippen molar-refractivity contribution in [1.82, 2.24) is 0 Å². The summed E-state index contributed by atoms with van der Waals surface area (Å²) in [7, 11) is 0. The topological polar surface area (TPSA) is 54.4 Å². The molecule has 29 heavy (non-hydrogen) atoms. The molecule has 0 atom stereocenters. The van der Waals surface area contributed by atoms with Crippen LogP contribution in [0.2, 0.25) is 0 Å². The number of carbonyl (C=O) groups is 2. The second kappa shape index (κ2) is 7.95. The fourth-order valence-corrected chi connectivity index (χ4v) is 3.43. The van der Waals surface area contributed by atoms with Crippen LogP contribution < -0.4 is 0 Å². The second-order valence-electron chi connectivity index (χ2n) is 6.67. The maximum Gasteiger partial charge on any atom is 0.336 e. The van der Waals surface area contributed by atoms with E-state index in [1.54, 1.807) is 30.3 Å². The molecule has 4 aromatic rings. The number of rotatable bonds is 5. The third-order valence-electron chi connectivity index (χ3n) is 4.86. The Morgan fingerprint density at radius 3 is 1.76 bits per heavy atom. The molecule has 0 bridgehead atoms. The van der Waals surface area contributed by atoms with Crippen LogP contribution in [-0.4, -0.2) is 16.9 Å². The van der Waals surface area contributed by atoms with Crippen molar-refractivity contribution >= 4 is 11.8 Å². The molecule has 0 fully saturated rings. The molecule has 0 unspecified atom stereocenters. The highest BCUT2D eigenvalue weighted by molar-refractivity contribution is 6.17. The number of benzene rings is 4. The van der Waals surface area contributed by atoms with Crippen LogP contribution in [-0.2, 0) is 0 Å². The minimum atomic E-state index is -1.12. The van der Waals surface area contributed by atoms with E-state index in [-0.39, 0.29) is 16.9 Å². The smallest absolute Gasteiger partial charge is 0.336 e. The van der Waals surface area contributed by atoms with E-state index in [0.29, 0.717) is 5.56 Å². The van der Waals surface area contributed by atoms with Gasteiger partial charge in [-0.1, -0.05) is 91.0 Å². The van der Waals surface area contributed by atoms with Crippen LogP contribution in [0.1, 0.15) is 26.3 Å². The normalized spacial score (nSPS) is 10.5. The molecule has 0 saturated carbocycles. The lowest BCUT2D eigenvalue weighted by Gasteiger charge is -2.12.